The van der Waals surface area contributed by atoms with Crippen molar-refractivity contribution in [2.75, 3.05) is 7.11 Å². The summed E-state index contributed by atoms with van der Waals surface area (Å²) in [6, 6.07) is 1.99. The summed E-state index contributed by atoms with van der Waals surface area (Å²) in [6.07, 6.45) is 3.16. The monoisotopic (exact) mass is 267 g/mol. The van der Waals surface area contributed by atoms with E-state index in [0.29, 0.717) is 0 Å². The highest BCUT2D eigenvalue weighted by molar-refractivity contribution is 7.11. The fourth-order valence-electron chi connectivity index (χ4n) is 1.36. The molecule has 1 aromatic heterocycles. The van der Waals surface area contributed by atoms with Crippen LogP contribution in [0.15, 0.2) is 17.5 Å². The number of nitrogens with one attached hydrogen (secondary N) is 1. The Labute approximate surface area is 111 Å². The second-order valence-electron chi connectivity index (χ2n) is 4.41. The molecule has 0 aliphatic heterocycles. The van der Waals surface area contributed by atoms with Crippen molar-refractivity contribution in [3.05, 3.63) is 28.0 Å². The van der Waals surface area contributed by atoms with Crippen LogP contribution in [0.3, 0.4) is 0 Å². The van der Waals surface area contributed by atoms with E-state index in [1.807, 2.05) is 18.4 Å². The minimum atomic E-state index is -1.03. The minimum Gasteiger partial charge on any atom is -0.467 e. The lowest BCUT2D eigenvalue weighted by atomic mass is 10.1. The van der Waals surface area contributed by atoms with Gasteiger partial charge in [-0.05, 0) is 43.9 Å². The van der Waals surface area contributed by atoms with Gasteiger partial charge < -0.3 is 10.1 Å². The SMILES string of the molecule is COC(=O)C(C)(C)NC(=O)C=Cc1sccc1C. The average molecular weight is 267 g/mol. The third-order valence-electron chi connectivity index (χ3n) is 2.42. The number of esters is 1. The third kappa shape index (κ3) is 3.70. The maximum atomic E-state index is 11.7. The zero-order valence-corrected chi connectivity index (χ0v) is 11.8. The summed E-state index contributed by atoms with van der Waals surface area (Å²) in [6.45, 7) is 5.17. The Kier molecular flexibility index (Phi) is 4.67. The minimum absolute atomic E-state index is 0.321. The molecule has 0 aromatic carbocycles. The topological polar surface area (TPSA) is 55.4 Å². The highest BCUT2D eigenvalue weighted by Crippen LogP contribution is 2.17. The van der Waals surface area contributed by atoms with Crippen molar-refractivity contribution >= 4 is 29.3 Å². The van der Waals surface area contributed by atoms with Crippen molar-refractivity contribution in [1.82, 2.24) is 5.32 Å². The molecule has 4 nitrogen and oxygen atoms in total. The molecule has 0 aliphatic rings. The molecule has 0 aliphatic carbocycles. The van der Waals surface area contributed by atoms with Gasteiger partial charge in [-0.2, -0.15) is 0 Å². The van der Waals surface area contributed by atoms with Crippen molar-refractivity contribution in [2.24, 2.45) is 0 Å². The molecule has 0 saturated heterocycles. The van der Waals surface area contributed by atoms with E-state index in [1.54, 1.807) is 31.3 Å². The summed E-state index contributed by atoms with van der Waals surface area (Å²) in [5.41, 5.74) is 0.0944. The number of hydrogen-bond donors (Lipinski definition) is 1. The van der Waals surface area contributed by atoms with Gasteiger partial charge >= 0.3 is 5.97 Å². The first-order valence-corrected chi connectivity index (χ1v) is 6.37. The van der Waals surface area contributed by atoms with E-state index in [2.05, 4.69) is 10.1 Å². The number of thiophene rings is 1. The zero-order valence-electron chi connectivity index (χ0n) is 10.9. The van der Waals surface area contributed by atoms with E-state index >= 15 is 0 Å². The van der Waals surface area contributed by atoms with Gasteiger partial charge in [-0.15, -0.1) is 11.3 Å². The molecule has 98 valence electrons. The summed E-state index contributed by atoms with van der Waals surface area (Å²) in [4.78, 5) is 24.1. The van der Waals surface area contributed by atoms with Gasteiger partial charge in [0.15, 0.2) is 0 Å². The molecule has 0 bridgehead atoms. The van der Waals surface area contributed by atoms with Gasteiger partial charge in [0.1, 0.15) is 5.54 Å². The Morgan fingerprint density at radius 1 is 1.44 bits per heavy atom. The normalized spacial score (nSPS) is 11.6. The predicted octanol–water partition coefficient (Wildman–Crippen LogP) is 2.14. The smallest absolute Gasteiger partial charge is 0.330 e. The van der Waals surface area contributed by atoms with Crippen LogP contribution in [0.1, 0.15) is 24.3 Å². The second-order valence-corrected chi connectivity index (χ2v) is 5.35. The first-order chi connectivity index (χ1) is 8.36. The van der Waals surface area contributed by atoms with Crippen LogP contribution in [0.4, 0.5) is 0 Å². The lowest BCUT2D eigenvalue weighted by molar-refractivity contribution is -0.148. The van der Waals surface area contributed by atoms with E-state index < -0.39 is 11.5 Å². The maximum absolute atomic E-state index is 11.7. The molecule has 18 heavy (non-hydrogen) atoms. The predicted molar refractivity (Wildman–Crippen MR) is 72.3 cm³/mol. The number of ether oxygens (including phenoxy) is 1. The Bertz CT molecular complexity index is 474. The van der Waals surface area contributed by atoms with Crippen LogP contribution < -0.4 is 5.32 Å². The van der Waals surface area contributed by atoms with Crippen LogP contribution in [0.25, 0.3) is 6.08 Å². The fraction of sp³-hybridized carbons (Fsp3) is 0.385. The van der Waals surface area contributed by atoms with Crippen LogP contribution in [0, 0.1) is 6.92 Å². The van der Waals surface area contributed by atoms with Crippen LogP contribution in [0.2, 0.25) is 0 Å². The summed E-state index contributed by atoms with van der Waals surface area (Å²) in [7, 11) is 1.29. The zero-order chi connectivity index (χ0) is 13.8. The number of rotatable bonds is 4. The van der Waals surface area contributed by atoms with Crippen molar-refractivity contribution < 1.29 is 14.3 Å². The number of hydrogen-bond acceptors (Lipinski definition) is 4. The maximum Gasteiger partial charge on any atom is 0.330 e. The van der Waals surface area contributed by atoms with Gasteiger partial charge in [-0.3, -0.25) is 4.79 Å². The van der Waals surface area contributed by atoms with Gasteiger partial charge in [-0.1, -0.05) is 0 Å². The van der Waals surface area contributed by atoms with Gasteiger partial charge in [0, 0.05) is 11.0 Å². The van der Waals surface area contributed by atoms with Gasteiger partial charge in [0.2, 0.25) is 5.91 Å². The molecule has 5 heteroatoms. The third-order valence-corrected chi connectivity index (χ3v) is 3.40. The summed E-state index contributed by atoms with van der Waals surface area (Å²) < 4.78 is 4.61. The molecule has 0 radical (unpaired) electrons. The van der Waals surface area contributed by atoms with Crippen LogP contribution in [-0.2, 0) is 14.3 Å². The number of carbonyl (C=O) groups excluding carboxylic acids is 2. The van der Waals surface area contributed by atoms with E-state index in [4.69, 9.17) is 0 Å². The number of amides is 1. The highest BCUT2D eigenvalue weighted by atomic mass is 32.1. The Hall–Kier alpha value is -1.62. The first kappa shape index (κ1) is 14.4. The standard InChI is InChI=1S/C13H17NO3S/c1-9-7-8-18-10(9)5-6-11(15)14-13(2,3)12(16)17-4/h5-8H,1-4H3,(H,14,15). The fourth-order valence-corrected chi connectivity index (χ4v) is 2.18. The lowest BCUT2D eigenvalue weighted by Crippen LogP contribution is -2.49. The number of aryl methyl sites for hydroxylation is 1. The van der Waals surface area contributed by atoms with Crippen LogP contribution in [-0.4, -0.2) is 24.5 Å². The summed E-state index contributed by atoms with van der Waals surface area (Å²) >= 11 is 1.56. The molecule has 0 fully saturated rings. The Balaban J connectivity index is 2.65. The highest BCUT2D eigenvalue weighted by Gasteiger charge is 2.29. The quantitative estimate of drug-likeness (QED) is 0.671. The number of carbonyl (C=O) groups is 2. The molecule has 1 aromatic rings. The molecule has 0 atom stereocenters. The van der Waals surface area contributed by atoms with Crippen molar-refractivity contribution in [3.8, 4) is 0 Å². The van der Waals surface area contributed by atoms with Crippen LogP contribution in [0.5, 0.6) is 0 Å². The largest absolute Gasteiger partial charge is 0.467 e. The van der Waals surface area contributed by atoms with Crippen molar-refractivity contribution in [2.45, 2.75) is 26.3 Å². The van der Waals surface area contributed by atoms with E-state index in [9.17, 15) is 9.59 Å². The average Bonchev–Trinajstić information content (AvgIpc) is 2.70. The van der Waals surface area contributed by atoms with Gasteiger partial charge in [-0.25, -0.2) is 4.79 Å². The molecule has 0 unspecified atom stereocenters. The van der Waals surface area contributed by atoms with Gasteiger partial charge in [0.25, 0.3) is 0 Å². The molecule has 1 rings (SSSR count). The van der Waals surface area contributed by atoms with E-state index in [1.165, 1.54) is 13.2 Å². The van der Waals surface area contributed by atoms with E-state index in [0.717, 1.165) is 10.4 Å². The van der Waals surface area contributed by atoms with Crippen molar-refractivity contribution in [3.63, 3.8) is 0 Å². The van der Waals surface area contributed by atoms with Gasteiger partial charge in [0.05, 0.1) is 7.11 Å². The van der Waals surface area contributed by atoms with E-state index in [-0.39, 0.29) is 5.91 Å². The summed E-state index contributed by atoms with van der Waals surface area (Å²) in [5.74, 6) is -0.797. The Morgan fingerprint density at radius 3 is 2.61 bits per heavy atom. The van der Waals surface area contributed by atoms with Crippen molar-refractivity contribution in [1.29, 1.82) is 0 Å². The number of methoxy groups -OCH3 is 1. The molecule has 0 spiro atoms. The molecular formula is C13H17NO3S. The molecule has 1 heterocycles. The molecule has 1 N–H and O–H groups in total. The summed E-state index contributed by atoms with van der Waals surface area (Å²) in [5, 5.41) is 4.56. The first-order valence-electron chi connectivity index (χ1n) is 5.49. The van der Waals surface area contributed by atoms with Crippen LogP contribution >= 0.6 is 11.3 Å². The molecule has 1 amide bonds. The Morgan fingerprint density at radius 2 is 2.11 bits per heavy atom. The lowest BCUT2D eigenvalue weighted by Gasteiger charge is -2.21. The molecular weight excluding hydrogens is 250 g/mol. The molecule has 0 saturated carbocycles. The second kappa shape index (κ2) is 5.82.